The van der Waals surface area contributed by atoms with Crippen molar-refractivity contribution in [3.8, 4) is 5.69 Å². The van der Waals surface area contributed by atoms with Crippen molar-refractivity contribution in [3.63, 3.8) is 0 Å². The van der Waals surface area contributed by atoms with Gasteiger partial charge in [0.05, 0.1) is 17.8 Å². The van der Waals surface area contributed by atoms with E-state index < -0.39 is 0 Å². The van der Waals surface area contributed by atoms with Gasteiger partial charge in [0.15, 0.2) is 5.11 Å². The van der Waals surface area contributed by atoms with Crippen LogP contribution in [0.3, 0.4) is 0 Å². The number of hydrogen-bond donors (Lipinski definition) is 2. The number of aryl methyl sites for hydroxylation is 3. The largest absolute Gasteiger partial charge is 0.352 e. The van der Waals surface area contributed by atoms with Gasteiger partial charge in [0, 0.05) is 46.9 Å². The summed E-state index contributed by atoms with van der Waals surface area (Å²) in [6.45, 7) is 8.78. The normalized spacial score (nSPS) is 16.8. The molecular weight excluding hydrogens is 526 g/mol. The van der Waals surface area contributed by atoms with Crippen molar-refractivity contribution >= 4 is 40.5 Å². The number of thiocarbonyl (C=S) groups is 1. The number of rotatable bonds is 7. The molecule has 0 spiro atoms. The minimum absolute atomic E-state index is 0.0489. The van der Waals surface area contributed by atoms with Crippen LogP contribution in [0, 0.1) is 27.7 Å². The predicted octanol–water partition coefficient (Wildman–Crippen LogP) is 6.76. The number of pyridine rings is 1. The van der Waals surface area contributed by atoms with E-state index in [1.54, 1.807) is 6.20 Å². The zero-order chi connectivity index (χ0) is 27.7. The molecule has 2 atom stereocenters. The highest BCUT2D eigenvalue weighted by atomic mass is 35.5. The summed E-state index contributed by atoms with van der Waals surface area (Å²) in [6.07, 6.45) is 2.10. The van der Waals surface area contributed by atoms with Crippen molar-refractivity contribution in [3.05, 3.63) is 112 Å². The number of nitrogens with one attached hydrogen (secondary N) is 2. The molecule has 2 N–H and O–H groups in total. The molecule has 1 aliphatic heterocycles. The first kappa shape index (κ1) is 26.9. The maximum atomic E-state index is 13.0. The first-order chi connectivity index (χ1) is 18.7. The Morgan fingerprint density at radius 1 is 1.03 bits per heavy atom. The molecule has 0 aliphatic carbocycles. The van der Waals surface area contributed by atoms with Crippen LogP contribution < -0.4 is 10.6 Å². The number of anilines is 1. The van der Waals surface area contributed by atoms with Gasteiger partial charge in [-0.25, -0.2) is 0 Å². The fourth-order valence-electron chi connectivity index (χ4n) is 5.41. The van der Waals surface area contributed by atoms with Crippen LogP contribution in [0.1, 0.15) is 52.3 Å². The van der Waals surface area contributed by atoms with Crippen molar-refractivity contribution in [2.24, 2.45) is 0 Å². The fourth-order valence-corrected chi connectivity index (χ4v) is 5.91. The van der Waals surface area contributed by atoms with E-state index >= 15 is 0 Å². The Labute approximate surface area is 240 Å². The fraction of sp³-hybridized carbons (Fsp3) is 0.258. The smallest absolute Gasteiger partial charge is 0.226 e. The van der Waals surface area contributed by atoms with Crippen LogP contribution in [-0.4, -0.2) is 32.0 Å². The zero-order valence-electron chi connectivity index (χ0n) is 22.5. The summed E-state index contributed by atoms with van der Waals surface area (Å²) in [5.74, 6) is -0.0489. The second-order valence-electron chi connectivity index (χ2n) is 10.0. The Bertz CT molecular complexity index is 1530. The van der Waals surface area contributed by atoms with Gasteiger partial charge in [-0.05, 0) is 93.0 Å². The van der Waals surface area contributed by atoms with Gasteiger partial charge in [0.1, 0.15) is 0 Å². The van der Waals surface area contributed by atoms with Gasteiger partial charge in [0.2, 0.25) is 5.91 Å². The van der Waals surface area contributed by atoms with E-state index in [1.807, 2.05) is 67.6 Å². The molecule has 200 valence electrons. The molecule has 5 rings (SSSR count). The van der Waals surface area contributed by atoms with E-state index in [0.717, 1.165) is 45.1 Å². The van der Waals surface area contributed by atoms with Gasteiger partial charge in [-0.2, -0.15) is 0 Å². The molecule has 0 saturated carbocycles. The summed E-state index contributed by atoms with van der Waals surface area (Å²) in [6, 6.07) is 21.6. The monoisotopic (exact) mass is 557 g/mol. The molecule has 1 fully saturated rings. The van der Waals surface area contributed by atoms with Crippen molar-refractivity contribution < 1.29 is 4.79 Å². The molecule has 2 aromatic heterocycles. The molecule has 2 aromatic carbocycles. The number of amides is 1. The highest BCUT2D eigenvalue weighted by Gasteiger charge is 2.41. The highest BCUT2D eigenvalue weighted by Crippen LogP contribution is 2.41. The number of nitrogens with zero attached hydrogens (tertiary/aromatic N) is 3. The summed E-state index contributed by atoms with van der Waals surface area (Å²) < 4.78 is 2.25. The summed E-state index contributed by atoms with van der Waals surface area (Å²) >= 11 is 12.2. The van der Waals surface area contributed by atoms with Crippen LogP contribution in [0.2, 0.25) is 5.02 Å². The van der Waals surface area contributed by atoms with E-state index in [9.17, 15) is 4.79 Å². The standard InChI is InChI=1S/C31H32ClN5OS/c1-19-9-5-6-10-25(19)34-28(38)14-16-36-30(29(35-31(36)39)26-11-7-8-15-33-26)24-17-21(3)37(22(24)4)27-18-23(32)13-12-20(27)2/h5-13,15,17-18,29-30H,14,16H2,1-4H3,(H,34,38)(H,35,39)/t29-,30-/m0/s1. The van der Waals surface area contributed by atoms with Crippen LogP contribution in [-0.2, 0) is 4.79 Å². The van der Waals surface area contributed by atoms with E-state index in [4.69, 9.17) is 23.8 Å². The van der Waals surface area contributed by atoms with Gasteiger partial charge in [-0.15, -0.1) is 0 Å². The molecule has 8 heteroatoms. The Hall–Kier alpha value is -3.68. The number of hydrogen-bond acceptors (Lipinski definition) is 3. The lowest BCUT2D eigenvalue weighted by atomic mass is 9.96. The Kier molecular flexibility index (Phi) is 7.73. The minimum Gasteiger partial charge on any atom is -0.352 e. The Balaban J connectivity index is 1.50. The summed E-state index contributed by atoms with van der Waals surface area (Å²) in [4.78, 5) is 19.8. The van der Waals surface area contributed by atoms with Crippen molar-refractivity contribution in [2.75, 3.05) is 11.9 Å². The van der Waals surface area contributed by atoms with Crippen molar-refractivity contribution in [1.29, 1.82) is 0 Å². The SMILES string of the molecule is Cc1ccccc1NC(=O)CCN1C(=S)N[C@@H](c2ccccn2)[C@@H]1c1cc(C)n(-c2cc(Cl)ccc2C)c1C. The Morgan fingerprint density at radius 3 is 2.54 bits per heavy atom. The zero-order valence-corrected chi connectivity index (χ0v) is 24.1. The van der Waals surface area contributed by atoms with Gasteiger partial charge < -0.3 is 20.1 Å². The number of benzene rings is 2. The van der Waals surface area contributed by atoms with E-state index in [1.165, 1.54) is 0 Å². The van der Waals surface area contributed by atoms with Gasteiger partial charge in [-0.1, -0.05) is 41.9 Å². The maximum absolute atomic E-state index is 13.0. The number of halogens is 1. The third-order valence-electron chi connectivity index (χ3n) is 7.40. The second kappa shape index (κ2) is 11.2. The highest BCUT2D eigenvalue weighted by molar-refractivity contribution is 7.80. The van der Waals surface area contributed by atoms with E-state index in [-0.39, 0.29) is 18.0 Å². The van der Waals surface area contributed by atoms with Crippen LogP contribution in [0.5, 0.6) is 0 Å². The number of para-hydroxylation sites is 1. The molecule has 0 unspecified atom stereocenters. The predicted molar refractivity (Wildman–Crippen MR) is 162 cm³/mol. The lowest BCUT2D eigenvalue weighted by Crippen LogP contribution is -2.33. The van der Waals surface area contributed by atoms with Crippen LogP contribution in [0.4, 0.5) is 5.69 Å². The third-order valence-corrected chi connectivity index (χ3v) is 7.99. The third kappa shape index (κ3) is 5.42. The van der Waals surface area contributed by atoms with E-state index in [0.29, 0.717) is 23.1 Å². The molecule has 1 amide bonds. The molecule has 6 nitrogen and oxygen atoms in total. The Morgan fingerprint density at radius 2 is 1.79 bits per heavy atom. The quantitative estimate of drug-likeness (QED) is 0.246. The van der Waals surface area contributed by atoms with Gasteiger partial charge in [0.25, 0.3) is 0 Å². The first-order valence-corrected chi connectivity index (χ1v) is 13.8. The van der Waals surface area contributed by atoms with Crippen LogP contribution >= 0.6 is 23.8 Å². The van der Waals surface area contributed by atoms with Crippen molar-refractivity contribution in [2.45, 2.75) is 46.2 Å². The van der Waals surface area contributed by atoms with Gasteiger partial charge in [-0.3, -0.25) is 9.78 Å². The molecule has 4 aromatic rings. The van der Waals surface area contributed by atoms with E-state index in [2.05, 4.69) is 51.9 Å². The molecule has 3 heterocycles. The maximum Gasteiger partial charge on any atom is 0.226 e. The molecular formula is C31H32ClN5OS. The molecule has 0 radical (unpaired) electrons. The molecule has 0 bridgehead atoms. The lowest BCUT2D eigenvalue weighted by molar-refractivity contribution is -0.116. The topological polar surface area (TPSA) is 62.2 Å². The average molecular weight is 558 g/mol. The molecule has 1 saturated heterocycles. The summed E-state index contributed by atoms with van der Waals surface area (Å²) in [5, 5.41) is 7.86. The van der Waals surface area contributed by atoms with Gasteiger partial charge >= 0.3 is 0 Å². The van der Waals surface area contributed by atoms with Crippen LogP contribution in [0.25, 0.3) is 5.69 Å². The first-order valence-electron chi connectivity index (χ1n) is 13.0. The number of carbonyl (C=O) groups excluding carboxylic acids is 1. The molecule has 39 heavy (non-hydrogen) atoms. The van der Waals surface area contributed by atoms with Crippen molar-refractivity contribution in [1.82, 2.24) is 19.8 Å². The summed E-state index contributed by atoms with van der Waals surface area (Å²) in [5.41, 5.74) is 8.28. The second-order valence-corrected chi connectivity index (χ2v) is 10.8. The lowest BCUT2D eigenvalue weighted by Gasteiger charge is -2.28. The molecule has 1 aliphatic rings. The number of aromatic nitrogens is 2. The summed E-state index contributed by atoms with van der Waals surface area (Å²) in [7, 11) is 0. The number of carbonyl (C=O) groups is 1. The minimum atomic E-state index is -0.160. The van der Waals surface area contributed by atoms with Crippen LogP contribution in [0.15, 0.2) is 72.9 Å². The average Bonchev–Trinajstić information content (AvgIpc) is 3.40.